The summed E-state index contributed by atoms with van der Waals surface area (Å²) in [4.78, 5) is 14.1. The zero-order valence-electron chi connectivity index (χ0n) is 13.2. The van der Waals surface area contributed by atoms with Crippen molar-refractivity contribution in [1.29, 1.82) is 0 Å². The van der Waals surface area contributed by atoms with E-state index in [0.29, 0.717) is 11.4 Å². The van der Waals surface area contributed by atoms with E-state index in [2.05, 4.69) is 10.6 Å². The molecule has 4 nitrogen and oxygen atoms in total. The highest BCUT2D eigenvalue weighted by atomic mass is 19.1. The molecule has 1 fully saturated rings. The molecule has 1 aromatic carbocycles. The zero-order chi connectivity index (χ0) is 15.6. The van der Waals surface area contributed by atoms with Crippen molar-refractivity contribution in [2.45, 2.75) is 45.2 Å². The monoisotopic (exact) mass is 293 g/mol. The van der Waals surface area contributed by atoms with Crippen molar-refractivity contribution in [3.05, 3.63) is 24.0 Å². The van der Waals surface area contributed by atoms with E-state index in [1.165, 1.54) is 6.07 Å². The Morgan fingerprint density at radius 1 is 1.48 bits per heavy atom. The number of nitrogens with one attached hydrogen (secondary N) is 2. The Kier molecular flexibility index (Phi) is 4.52. The lowest BCUT2D eigenvalue weighted by Gasteiger charge is -2.25. The van der Waals surface area contributed by atoms with Crippen molar-refractivity contribution in [3.63, 3.8) is 0 Å². The fraction of sp³-hybridized carbons (Fsp3) is 0.562. The van der Waals surface area contributed by atoms with Gasteiger partial charge in [0, 0.05) is 18.8 Å². The number of carbonyl (C=O) groups is 1. The van der Waals surface area contributed by atoms with E-state index in [1.54, 1.807) is 12.1 Å². The fourth-order valence-electron chi connectivity index (χ4n) is 2.51. The maximum absolute atomic E-state index is 14.2. The van der Waals surface area contributed by atoms with E-state index in [4.69, 9.17) is 0 Å². The summed E-state index contributed by atoms with van der Waals surface area (Å²) in [6.45, 7) is 6.73. The summed E-state index contributed by atoms with van der Waals surface area (Å²) < 4.78 is 14.2. The van der Waals surface area contributed by atoms with Gasteiger partial charge in [-0.15, -0.1) is 0 Å². The highest BCUT2D eigenvalue weighted by Crippen LogP contribution is 2.25. The van der Waals surface area contributed by atoms with Crippen LogP contribution in [0.5, 0.6) is 0 Å². The summed E-state index contributed by atoms with van der Waals surface area (Å²) in [5, 5.41) is 6.00. The van der Waals surface area contributed by atoms with Crippen LogP contribution in [0.2, 0.25) is 0 Å². The number of amides is 1. The molecule has 2 rings (SSSR count). The lowest BCUT2D eigenvalue weighted by atomic mass is 9.99. The maximum Gasteiger partial charge on any atom is 0.244 e. The molecule has 2 N–H and O–H groups in total. The molecular weight excluding hydrogens is 269 g/mol. The molecule has 1 atom stereocenters. The Labute approximate surface area is 125 Å². The maximum atomic E-state index is 14.2. The van der Waals surface area contributed by atoms with Gasteiger partial charge < -0.3 is 15.5 Å². The van der Waals surface area contributed by atoms with Gasteiger partial charge in [0.1, 0.15) is 5.82 Å². The van der Waals surface area contributed by atoms with Crippen LogP contribution in [0.3, 0.4) is 0 Å². The van der Waals surface area contributed by atoms with E-state index < -0.39 is 5.54 Å². The third-order valence-corrected chi connectivity index (χ3v) is 4.23. The number of anilines is 2. The molecule has 0 bridgehead atoms. The van der Waals surface area contributed by atoms with Gasteiger partial charge in [-0.25, -0.2) is 4.39 Å². The summed E-state index contributed by atoms with van der Waals surface area (Å²) in [6.07, 6.45) is 1.78. The standard InChI is InChI=1S/C16H24FN3O/c1-11(2)20(4)14-7-6-12(10-13(14)17)19-15(21)16(3)8-5-9-18-16/h6-7,10-11,18H,5,8-9H2,1-4H3,(H,19,21). The number of carbonyl (C=O) groups excluding carboxylic acids is 1. The van der Waals surface area contributed by atoms with Gasteiger partial charge in [0.25, 0.3) is 0 Å². The number of hydrogen-bond acceptors (Lipinski definition) is 3. The first-order valence-corrected chi connectivity index (χ1v) is 7.42. The highest BCUT2D eigenvalue weighted by molar-refractivity contribution is 5.98. The SMILES string of the molecule is CC(C)N(C)c1ccc(NC(=O)C2(C)CCCN2)cc1F. The molecule has 0 aromatic heterocycles. The van der Waals surface area contributed by atoms with Gasteiger partial charge in [-0.1, -0.05) is 0 Å². The summed E-state index contributed by atoms with van der Waals surface area (Å²) in [5.41, 5.74) is 0.477. The average Bonchev–Trinajstić information content (AvgIpc) is 2.86. The van der Waals surface area contributed by atoms with Gasteiger partial charge in [-0.2, -0.15) is 0 Å². The second-order valence-corrected chi connectivity index (χ2v) is 6.19. The molecule has 1 aliphatic heterocycles. The Balaban J connectivity index is 2.12. The van der Waals surface area contributed by atoms with Crippen molar-refractivity contribution in [2.75, 3.05) is 23.8 Å². The van der Waals surface area contributed by atoms with Gasteiger partial charge >= 0.3 is 0 Å². The first kappa shape index (κ1) is 15.8. The Morgan fingerprint density at radius 2 is 2.19 bits per heavy atom. The van der Waals surface area contributed by atoms with Crippen molar-refractivity contribution >= 4 is 17.3 Å². The average molecular weight is 293 g/mol. The quantitative estimate of drug-likeness (QED) is 0.897. The van der Waals surface area contributed by atoms with E-state index >= 15 is 0 Å². The van der Waals surface area contributed by atoms with Gasteiger partial charge in [0.15, 0.2) is 0 Å². The summed E-state index contributed by atoms with van der Waals surface area (Å²) >= 11 is 0. The largest absolute Gasteiger partial charge is 0.370 e. The highest BCUT2D eigenvalue weighted by Gasteiger charge is 2.35. The van der Waals surface area contributed by atoms with Crippen LogP contribution in [0.4, 0.5) is 15.8 Å². The molecule has 1 unspecified atom stereocenters. The molecule has 1 aromatic rings. The normalized spacial score (nSPS) is 21.6. The van der Waals surface area contributed by atoms with E-state index in [-0.39, 0.29) is 17.8 Å². The second kappa shape index (κ2) is 6.02. The second-order valence-electron chi connectivity index (χ2n) is 6.19. The molecule has 1 heterocycles. The number of hydrogen-bond donors (Lipinski definition) is 2. The minimum atomic E-state index is -0.552. The predicted molar refractivity (Wildman–Crippen MR) is 84.2 cm³/mol. The minimum absolute atomic E-state index is 0.107. The number of halogens is 1. The van der Waals surface area contributed by atoms with Crippen LogP contribution >= 0.6 is 0 Å². The van der Waals surface area contributed by atoms with Gasteiger partial charge in [-0.05, 0) is 58.4 Å². The molecule has 1 aliphatic rings. The van der Waals surface area contributed by atoms with Crippen LogP contribution in [-0.2, 0) is 4.79 Å². The Hall–Kier alpha value is -1.62. The molecule has 0 radical (unpaired) electrons. The van der Waals surface area contributed by atoms with Crippen LogP contribution in [0.15, 0.2) is 18.2 Å². The van der Waals surface area contributed by atoms with E-state index in [0.717, 1.165) is 19.4 Å². The fourth-order valence-corrected chi connectivity index (χ4v) is 2.51. The Bertz CT molecular complexity index is 524. The predicted octanol–water partition coefficient (Wildman–Crippen LogP) is 2.75. The van der Waals surface area contributed by atoms with Crippen molar-refractivity contribution in [1.82, 2.24) is 5.32 Å². The van der Waals surface area contributed by atoms with Crippen LogP contribution in [-0.4, -0.2) is 31.1 Å². The smallest absolute Gasteiger partial charge is 0.244 e. The molecule has 0 saturated carbocycles. The van der Waals surface area contributed by atoms with Crippen molar-refractivity contribution in [3.8, 4) is 0 Å². The summed E-state index contributed by atoms with van der Waals surface area (Å²) in [5.74, 6) is -0.433. The lowest BCUT2D eigenvalue weighted by molar-refractivity contribution is -0.121. The first-order chi connectivity index (χ1) is 9.83. The topological polar surface area (TPSA) is 44.4 Å². The molecule has 116 valence electrons. The molecule has 1 saturated heterocycles. The molecule has 1 amide bonds. The summed E-state index contributed by atoms with van der Waals surface area (Å²) in [6, 6.07) is 5.04. The third kappa shape index (κ3) is 3.35. The third-order valence-electron chi connectivity index (χ3n) is 4.23. The van der Waals surface area contributed by atoms with Gasteiger partial charge in [-0.3, -0.25) is 4.79 Å². The van der Waals surface area contributed by atoms with Crippen LogP contribution < -0.4 is 15.5 Å². The minimum Gasteiger partial charge on any atom is -0.370 e. The van der Waals surface area contributed by atoms with Gasteiger partial charge in [0.05, 0.1) is 11.2 Å². The molecular formula is C16H24FN3O. The number of rotatable bonds is 4. The number of nitrogens with zero attached hydrogens (tertiary/aromatic N) is 1. The van der Waals surface area contributed by atoms with Gasteiger partial charge in [0.2, 0.25) is 5.91 Å². The molecule has 0 spiro atoms. The van der Waals surface area contributed by atoms with Crippen LogP contribution in [0, 0.1) is 5.82 Å². The first-order valence-electron chi connectivity index (χ1n) is 7.42. The Morgan fingerprint density at radius 3 is 2.71 bits per heavy atom. The van der Waals surface area contributed by atoms with Crippen LogP contribution in [0.1, 0.15) is 33.6 Å². The van der Waals surface area contributed by atoms with Crippen molar-refractivity contribution < 1.29 is 9.18 Å². The molecule has 5 heteroatoms. The molecule has 0 aliphatic carbocycles. The number of benzene rings is 1. The molecule has 21 heavy (non-hydrogen) atoms. The lowest BCUT2D eigenvalue weighted by Crippen LogP contribution is -2.47. The zero-order valence-corrected chi connectivity index (χ0v) is 13.2. The van der Waals surface area contributed by atoms with E-state index in [9.17, 15) is 9.18 Å². The van der Waals surface area contributed by atoms with Crippen molar-refractivity contribution in [2.24, 2.45) is 0 Å². The van der Waals surface area contributed by atoms with Crippen LogP contribution in [0.25, 0.3) is 0 Å². The van der Waals surface area contributed by atoms with E-state index in [1.807, 2.05) is 32.7 Å². The summed E-state index contributed by atoms with van der Waals surface area (Å²) in [7, 11) is 1.85.